The minimum Gasteiger partial charge on any atom is -0.458 e. The molecule has 7 nitrogen and oxygen atoms in total. The second kappa shape index (κ2) is 9.68. The molecular formula is C18H27Cl2N3O4. The minimum atomic E-state index is -0.474. The topological polar surface area (TPSA) is 75.9 Å². The van der Waals surface area contributed by atoms with E-state index in [1.54, 1.807) is 0 Å². The fourth-order valence-electron chi connectivity index (χ4n) is 4.32. The van der Waals surface area contributed by atoms with Gasteiger partial charge in [-0.2, -0.15) is 0 Å². The van der Waals surface area contributed by atoms with E-state index in [9.17, 15) is 14.9 Å². The molecule has 2 unspecified atom stereocenters. The molecule has 1 aromatic carbocycles. The zero-order valence-corrected chi connectivity index (χ0v) is 17.4. The van der Waals surface area contributed by atoms with Gasteiger partial charge in [0.1, 0.15) is 6.10 Å². The number of nitro benzene ring substituents is 1. The molecule has 1 saturated heterocycles. The third-order valence-electron chi connectivity index (χ3n) is 5.50. The minimum absolute atomic E-state index is 0. The molecule has 9 heteroatoms. The molecule has 3 rings (SSSR count). The average Bonchev–Trinajstić information content (AvgIpc) is 2.55. The molecule has 2 fully saturated rings. The summed E-state index contributed by atoms with van der Waals surface area (Å²) in [6, 6.07) is 6.01. The molecule has 1 heterocycles. The van der Waals surface area contributed by atoms with Crippen molar-refractivity contribution in [1.29, 1.82) is 0 Å². The van der Waals surface area contributed by atoms with Gasteiger partial charge in [0.2, 0.25) is 0 Å². The van der Waals surface area contributed by atoms with Gasteiger partial charge >= 0.3 is 5.97 Å². The number of fused-ring (bicyclic) bond motifs is 2. The number of piperidine rings is 1. The van der Waals surface area contributed by atoms with Crippen molar-refractivity contribution >= 4 is 36.5 Å². The Bertz CT molecular complexity index is 657. The van der Waals surface area contributed by atoms with Crippen LogP contribution in [-0.4, -0.2) is 67.1 Å². The Morgan fingerprint density at radius 2 is 1.81 bits per heavy atom. The molecule has 0 amide bonds. The zero-order valence-electron chi connectivity index (χ0n) is 15.7. The summed E-state index contributed by atoms with van der Waals surface area (Å²) < 4.78 is 5.91. The van der Waals surface area contributed by atoms with Crippen LogP contribution in [0.5, 0.6) is 0 Å². The molecule has 27 heavy (non-hydrogen) atoms. The number of rotatable bonds is 4. The number of nitro groups is 1. The van der Waals surface area contributed by atoms with Gasteiger partial charge in [-0.3, -0.25) is 10.1 Å². The number of esters is 1. The number of carbonyl (C=O) groups is 1. The van der Waals surface area contributed by atoms with Gasteiger partial charge in [-0.15, -0.1) is 24.8 Å². The first-order chi connectivity index (χ1) is 11.9. The van der Waals surface area contributed by atoms with E-state index in [0.717, 1.165) is 25.9 Å². The molecule has 0 aromatic heterocycles. The van der Waals surface area contributed by atoms with Gasteiger partial charge in [0, 0.05) is 43.1 Å². The number of ether oxygens (including phenoxy) is 1. The normalized spacial score (nSPS) is 27.3. The van der Waals surface area contributed by atoms with Crippen LogP contribution in [0, 0.1) is 22.0 Å². The van der Waals surface area contributed by atoms with E-state index in [-0.39, 0.29) is 48.5 Å². The quantitative estimate of drug-likeness (QED) is 0.424. The third-order valence-corrected chi connectivity index (χ3v) is 5.50. The van der Waals surface area contributed by atoms with E-state index >= 15 is 0 Å². The lowest BCUT2D eigenvalue weighted by molar-refractivity contribution is -0.384. The Morgan fingerprint density at radius 3 is 2.37 bits per heavy atom. The molecule has 2 aliphatic rings. The summed E-state index contributed by atoms with van der Waals surface area (Å²) in [5, 5.41) is 10.7. The first-order valence-electron chi connectivity index (χ1n) is 8.67. The van der Waals surface area contributed by atoms with Crippen LogP contribution in [0.1, 0.15) is 23.2 Å². The number of non-ortho nitro benzene ring substituents is 1. The van der Waals surface area contributed by atoms with E-state index in [2.05, 4.69) is 30.9 Å². The van der Waals surface area contributed by atoms with Crippen molar-refractivity contribution in [3.8, 4) is 0 Å². The molecule has 1 aliphatic carbocycles. The number of nitrogens with zero attached hydrogens (tertiary/aromatic N) is 3. The third kappa shape index (κ3) is 5.10. The summed E-state index contributed by atoms with van der Waals surface area (Å²) in [6.07, 6.45) is 2.07. The van der Waals surface area contributed by atoms with Crippen LogP contribution in [0.2, 0.25) is 0 Å². The fourth-order valence-corrected chi connectivity index (χ4v) is 4.32. The maximum absolute atomic E-state index is 12.6. The zero-order chi connectivity index (χ0) is 18.1. The summed E-state index contributed by atoms with van der Waals surface area (Å²) in [5.74, 6) is 0.246. The molecule has 4 atom stereocenters. The van der Waals surface area contributed by atoms with Crippen molar-refractivity contribution in [1.82, 2.24) is 9.80 Å². The number of benzene rings is 1. The second-order valence-electron chi connectivity index (χ2n) is 7.43. The van der Waals surface area contributed by atoms with Crippen molar-refractivity contribution in [2.24, 2.45) is 11.8 Å². The second-order valence-corrected chi connectivity index (χ2v) is 7.43. The SMILES string of the molecule is CN1CC2CC[C@@H](N(C)C)C(C1)[C@H]2OC(=O)c1ccc([N+](=O)[O-])cc1.Cl.Cl. The van der Waals surface area contributed by atoms with Crippen LogP contribution in [0.3, 0.4) is 0 Å². The summed E-state index contributed by atoms with van der Waals surface area (Å²) in [5.41, 5.74) is 0.337. The highest BCUT2D eigenvalue weighted by Gasteiger charge is 2.46. The summed E-state index contributed by atoms with van der Waals surface area (Å²) in [7, 11) is 6.27. The predicted molar refractivity (Wildman–Crippen MR) is 108 cm³/mol. The Balaban J connectivity index is 0.00000182. The monoisotopic (exact) mass is 419 g/mol. The Hall–Kier alpha value is -1.41. The highest BCUT2D eigenvalue weighted by atomic mass is 35.5. The molecule has 152 valence electrons. The van der Waals surface area contributed by atoms with Crippen LogP contribution in [0.4, 0.5) is 5.69 Å². The van der Waals surface area contributed by atoms with Crippen molar-refractivity contribution in [3.63, 3.8) is 0 Å². The maximum atomic E-state index is 12.6. The number of hydrogen-bond acceptors (Lipinski definition) is 6. The Labute approximate surface area is 172 Å². The molecular weight excluding hydrogens is 393 g/mol. The van der Waals surface area contributed by atoms with Gasteiger partial charge in [0.15, 0.2) is 0 Å². The first-order valence-corrected chi connectivity index (χ1v) is 8.67. The van der Waals surface area contributed by atoms with E-state index < -0.39 is 4.92 Å². The molecule has 0 N–H and O–H groups in total. The van der Waals surface area contributed by atoms with Gasteiger partial charge in [-0.05, 0) is 46.1 Å². The lowest BCUT2D eigenvalue weighted by Crippen LogP contribution is -2.59. The molecule has 1 aromatic rings. The van der Waals surface area contributed by atoms with Gasteiger partial charge in [0.05, 0.1) is 10.5 Å². The Kier molecular flexibility index (Phi) is 8.48. The van der Waals surface area contributed by atoms with Crippen LogP contribution >= 0.6 is 24.8 Å². The fraction of sp³-hybridized carbons (Fsp3) is 0.611. The molecule has 2 bridgehead atoms. The summed E-state index contributed by atoms with van der Waals surface area (Å²) in [6.45, 7) is 1.85. The standard InChI is InChI=1S/C18H25N3O4.2ClH/c1-19(2)16-9-6-13-10-20(3)11-15(16)17(13)25-18(22)12-4-7-14(8-5-12)21(23)24;;/h4-5,7-8,13,15-17H,6,9-11H2,1-3H3;2*1H/t13?,15?,16-,17+;;/m1../s1. The van der Waals surface area contributed by atoms with Gasteiger partial charge in [-0.25, -0.2) is 4.79 Å². The van der Waals surface area contributed by atoms with Crippen LogP contribution in [-0.2, 0) is 4.74 Å². The first kappa shape index (κ1) is 23.6. The summed E-state index contributed by atoms with van der Waals surface area (Å²) >= 11 is 0. The van der Waals surface area contributed by atoms with Crippen LogP contribution in [0.15, 0.2) is 24.3 Å². The van der Waals surface area contributed by atoms with E-state index in [1.165, 1.54) is 24.3 Å². The van der Waals surface area contributed by atoms with Gasteiger partial charge in [-0.1, -0.05) is 0 Å². The number of hydrogen-bond donors (Lipinski definition) is 0. The van der Waals surface area contributed by atoms with Gasteiger partial charge in [0.25, 0.3) is 5.69 Å². The molecule has 1 aliphatic heterocycles. The van der Waals surface area contributed by atoms with E-state index in [4.69, 9.17) is 4.74 Å². The lowest BCUT2D eigenvalue weighted by atomic mass is 9.72. The van der Waals surface area contributed by atoms with E-state index in [0.29, 0.717) is 17.5 Å². The summed E-state index contributed by atoms with van der Waals surface area (Å²) in [4.78, 5) is 27.4. The van der Waals surface area contributed by atoms with Gasteiger partial charge < -0.3 is 14.5 Å². The Morgan fingerprint density at radius 1 is 1.19 bits per heavy atom. The average molecular weight is 420 g/mol. The highest BCUT2D eigenvalue weighted by molar-refractivity contribution is 5.89. The smallest absolute Gasteiger partial charge is 0.338 e. The molecule has 1 saturated carbocycles. The lowest BCUT2D eigenvalue weighted by Gasteiger charge is -2.50. The molecule has 0 spiro atoms. The number of likely N-dealkylation sites (tertiary alicyclic amines) is 1. The van der Waals surface area contributed by atoms with Crippen LogP contribution in [0.25, 0.3) is 0 Å². The van der Waals surface area contributed by atoms with E-state index in [1.807, 2.05) is 0 Å². The van der Waals surface area contributed by atoms with Crippen LogP contribution < -0.4 is 0 Å². The molecule has 0 radical (unpaired) electrons. The highest BCUT2D eigenvalue weighted by Crippen LogP contribution is 2.38. The van der Waals surface area contributed by atoms with Crippen molar-refractivity contribution < 1.29 is 14.5 Å². The number of carbonyl (C=O) groups excluding carboxylic acids is 1. The predicted octanol–water partition coefficient (Wildman–Crippen LogP) is 2.87. The van der Waals surface area contributed by atoms with Crippen molar-refractivity contribution in [2.45, 2.75) is 25.0 Å². The van der Waals surface area contributed by atoms with Crippen molar-refractivity contribution in [3.05, 3.63) is 39.9 Å². The van der Waals surface area contributed by atoms with Crippen molar-refractivity contribution in [2.75, 3.05) is 34.2 Å². The number of halogens is 2. The largest absolute Gasteiger partial charge is 0.458 e. The maximum Gasteiger partial charge on any atom is 0.338 e.